The largest absolute Gasteiger partial charge is 0.367 e. The standard InChI is InChI=1S/C18H24N2/c1-3-20(16-12-11-14(2)19-13-16)18-10-6-8-15-7-4-5-9-17(15)18/h4-10,14,16,19H,3,11-13H2,1-2H3. The Bertz CT molecular complexity index is 565. The van der Waals surface area contributed by atoms with E-state index >= 15 is 0 Å². The molecule has 1 fully saturated rings. The van der Waals surface area contributed by atoms with Gasteiger partial charge in [0.05, 0.1) is 0 Å². The van der Waals surface area contributed by atoms with E-state index in [2.05, 4.69) is 66.5 Å². The summed E-state index contributed by atoms with van der Waals surface area (Å²) in [6, 6.07) is 16.6. The third-order valence-corrected chi connectivity index (χ3v) is 4.49. The van der Waals surface area contributed by atoms with Crippen LogP contribution in [0, 0.1) is 0 Å². The van der Waals surface area contributed by atoms with Crippen LogP contribution in [0.15, 0.2) is 42.5 Å². The molecule has 1 aliphatic heterocycles. The Balaban J connectivity index is 1.95. The van der Waals surface area contributed by atoms with E-state index in [1.54, 1.807) is 0 Å². The van der Waals surface area contributed by atoms with Gasteiger partial charge in [0.2, 0.25) is 0 Å². The summed E-state index contributed by atoms with van der Waals surface area (Å²) in [7, 11) is 0. The van der Waals surface area contributed by atoms with Crippen LogP contribution in [0.2, 0.25) is 0 Å². The van der Waals surface area contributed by atoms with Crippen molar-refractivity contribution in [2.45, 2.75) is 38.8 Å². The lowest BCUT2D eigenvalue weighted by Gasteiger charge is -2.38. The summed E-state index contributed by atoms with van der Waals surface area (Å²) >= 11 is 0. The highest BCUT2D eigenvalue weighted by Gasteiger charge is 2.23. The summed E-state index contributed by atoms with van der Waals surface area (Å²) in [6.07, 6.45) is 2.55. The average molecular weight is 268 g/mol. The van der Waals surface area contributed by atoms with E-state index in [9.17, 15) is 0 Å². The molecule has 1 N–H and O–H groups in total. The van der Waals surface area contributed by atoms with Gasteiger partial charge in [0, 0.05) is 36.2 Å². The van der Waals surface area contributed by atoms with Gasteiger partial charge in [-0.25, -0.2) is 0 Å². The fraction of sp³-hybridized carbons (Fsp3) is 0.444. The molecule has 2 heteroatoms. The van der Waals surface area contributed by atoms with E-state index in [1.807, 2.05) is 0 Å². The fourth-order valence-corrected chi connectivity index (χ4v) is 3.33. The van der Waals surface area contributed by atoms with E-state index in [4.69, 9.17) is 0 Å². The Morgan fingerprint density at radius 2 is 1.90 bits per heavy atom. The van der Waals surface area contributed by atoms with Gasteiger partial charge < -0.3 is 10.2 Å². The summed E-state index contributed by atoms with van der Waals surface area (Å²) in [4.78, 5) is 2.57. The maximum atomic E-state index is 3.62. The van der Waals surface area contributed by atoms with E-state index in [0.717, 1.165) is 13.1 Å². The van der Waals surface area contributed by atoms with Crippen molar-refractivity contribution >= 4 is 16.5 Å². The zero-order valence-corrected chi connectivity index (χ0v) is 12.5. The molecule has 106 valence electrons. The highest BCUT2D eigenvalue weighted by Crippen LogP contribution is 2.29. The molecular formula is C18H24N2. The zero-order valence-electron chi connectivity index (χ0n) is 12.5. The van der Waals surface area contributed by atoms with Crippen LogP contribution < -0.4 is 10.2 Å². The number of fused-ring (bicyclic) bond motifs is 1. The van der Waals surface area contributed by atoms with Gasteiger partial charge in [0.1, 0.15) is 0 Å². The molecule has 0 aliphatic carbocycles. The summed E-state index contributed by atoms with van der Waals surface area (Å²) in [5.74, 6) is 0. The number of rotatable bonds is 3. The molecule has 2 aromatic carbocycles. The van der Waals surface area contributed by atoms with Crippen LogP contribution >= 0.6 is 0 Å². The van der Waals surface area contributed by atoms with E-state index in [0.29, 0.717) is 12.1 Å². The molecule has 3 rings (SSSR count). The zero-order chi connectivity index (χ0) is 13.9. The van der Waals surface area contributed by atoms with Crippen molar-refractivity contribution in [1.82, 2.24) is 5.32 Å². The molecule has 0 radical (unpaired) electrons. The SMILES string of the molecule is CCN(c1cccc2ccccc12)C1CCC(C)NC1. The molecule has 20 heavy (non-hydrogen) atoms. The van der Waals surface area contributed by atoms with Gasteiger partial charge in [0.25, 0.3) is 0 Å². The first kappa shape index (κ1) is 13.4. The average Bonchev–Trinajstić information content (AvgIpc) is 2.50. The first-order valence-corrected chi connectivity index (χ1v) is 7.77. The Morgan fingerprint density at radius 1 is 1.10 bits per heavy atom. The first-order chi connectivity index (χ1) is 9.79. The molecule has 0 aromatic heterocycles. The van der Waals surface area contributed by atoms with Crippen molar-refractivity contribution in [1.29, 1.82) is 0 Å². The van der Waals surface area contributed by atoms with E-state index in [-0.39, 0.29) is 0 Å². The Labute approximate surface area is 121 Å². The number of likely N-dealkylation sites (N-methyl/N-ethyl adjacent to an activating group) is 1. The van der Waals surface area contributed by atoms with Gasteiger partial charge in [-0.1, -0.05) is 36.4 Å². The lowest BCUT2D eigenvalue weighted by molar-refractivity contribution is 0.370. The minimum absolute atomic E-state index is 0.613. The Kier molecular flexibility index (Phi) is 3.93. The van der Waals surface area contributed by atoms with Crippen LogP contribution in [0.5, 0.6) is 0 Å². The smallest absolute Gasteiger partial charge is 0.0448 e. The van der Waals surface area contributed by atoms with Gasteiger partial charge in [-0.3, -0.25) is 0 Å². The molecule has 0 amide bonds. The third kappa shape index (κ3) is 2.53. The molecule has 0 bridgehead atoms. The van der Waals surface area contributed by atoms with Crippen LogP contribution in [0.1, 0.15) is 26.7 Å². The lowest BCUT2D eigenvalue weighted by atomic mass is 9.99. The molecule has 2 atom stereocenters. The second-order valence-corrected chi connectivity index (χ2v) is 5.82. The highest BCUT2D eigenvalue weighted by molar-refractivity contribution is 5.94. The summed E-state index contributed by atoms with van der Waals surface area (Å²) < 4.78 is 0. The van der Waals surface area contributed by atoms with Gasteiger partial charge in [0.15, 0.2) is 0 Å². The fourth-order valence-electron chi connectivity index (χ4n) is 3.33. The van der Waals surface area contributed by atoms with E-state index < -0.39 is 0 Å². The normalized spacial score (nSPS) is 22.9. The van der Waals surface area contributed by atoms with Crippen LogP contribution in [0.4, 0.5) is 5.69 Å². The summed E-state index contributed by atoms with van der Waals surface area (Å²) in [5.41, 5.74) is 1.38. The van der Waals surface area contributed by atoms with Crippen LogP contribution in [-0.2, 0) is 0 Å². The molecule has 1 heterocycles. The number of anilines is 1. The number of benzene rings is 2. The third-order valence-electron chi connectivity index (χ3n) is 4.49. The quantitative estimate of drug-likeness (QED) is 0.910. The maximum Gasteiger partial charge on any atom is 0.0448 e. The second kappa shape index (κ2) is 5.84. The minimum atomic E-state index is 0.613. The topological polar surface area (TPSA) is 15.3 Å². The maximum absolute atomic E-state index is 3.62. The first-order valence-electron chi connectivity index (χ1n) is 7.77. The Hall–Kier alpha value is -1.54. The number of piperidine rings is 1. The molecular weight excluding hydrogens is 244 g/mol. The highest BCUT2D eigenvalue weighted by atomic mass is 15.2. The molecule has 2 aromatic rings. The van der Waals surface area contributed by atoms with Gasteiger partial charge in [-0.2, -0.15) is 0 Å². The molecule has 1 aliphatic rings. The number of hydrogen-bond acceptors (Lipinski definition) is 2. The van der Waals surface area contributed by atoms with Gasteiger partial charge in [-0.15, -0.1) is 0 Å². The van der Waals surface area contributed by atoms with Crippen molar-refractivity contribution in [3.63, 3.8) is 0 Å². The van der Waals surface area contributed by atoms with Crippen molar-refractivity contribution in [3.05, 3.63) is 42.5 Å². The molecule has 1 saturated heterocycles. The van der Waals surface area contributed by atoms with E-state index in [1.165, 1.54) is 29.3 Å². The Morgan fingerprint density at radius 3 is 2.65 bits per heavy atom. The number of nitrogens with one attached hydrogen (secondary N) is 1. The predicted octanol–water partition coefficient (Wildman–Crippen LogP) is 3.81. The van der Waals surface area contributed by atoms with Crippen molar-refractivity contribution in [2.75, 3.05) is 18.0 Å². The van der Waals surface area contributed by atoms with Gasteiger partial charge >= 0.3 is 0 Å². The van der Waals surface area contributed by atoms with Gasteiger partial charge in [-0.05, 0) is 38.1 Å². The molecule has 2 unspecified atom stereocenters. The summed E-state index contributed by atoms with van der Waals surface area (Å²) in [5, 5.41) is 6.33. The molecule has 2 nitrogen and oxygen atoms in total. The number of hydrogen-bond donors (Lipinski definition) is 1. The van der Waals surface area contributed by atoms with Crippen LogP contribution in [0.25, 0.3) is 10.8 Å². The van der Waals surface area contributed by atoms with Crippen LogP contribution in [0.3, 0.4) is 0 Å². The van der Waals surface area contributed by atoms with Crippen molar-refractivity contribution in [2.24, 2.45) is 0 Å². The lowest BCUT2D eigenvalue weighted by Crippen LogP contribution is -2.49. The second-order valence-electron chi connectivity index (χ2n) is 5.82. The summed E-state index contributed by atoms with van der Waals surface area (Å²) in [6.45, 7) is 6.71. The predicted molar refractivity (Wildman–Crippen MR) is 87.5 cm³/mol. The molecule has 0 saturated carbocycles. The molecule has 0 spiro atoms. The van der Waals surface area contributed by atoms with Crippen molar-refractivity contribution in [3.8, 4) is 0 Å². The number of nitrogens with zero attached hydrogens (tertiary/aromatic N) is 1. The monoisotopic (exact) mass is 268 g/mol. The van der Waals surface area contributed by atoms with Crippen LogP contribution in [-0.4, -0.2) is 25.2 Å². The van der Waals surface area contributed by atoms with Crippen molar-refractivity contribution < 1.29 is 0 Å². The minimum Gasteiger partial charge on any atom is -0.367 e.